The summed E-state index contributed by atoms with van der Waals surface area (Å²) in [5.41, 5.74) is 2.04. The Bertz CT molecular complexity index is 1100. The van der Waals surface area contributed by atoms with Gasteiger partial charge in [-0.1, -0.05) is 73.9 Å². The molecular weight excluding hydrogens is 533 g/mol. The van der Waals surface area contributed by atoms with Gasteiger partial charge in [-0.25, -0.2) is 8.42 Å². The predicted molar refractivity (Wildman–Crippen MR) is 159 cm³/mol. The summed E-state index contributed by atoms with van der Waals surface area (Å²) in [4.78, 5) is 13.1. The number of hydrogen-bond donors (Lipinski definition) is 1. The Morgan fingerprint density at radius 2 is 1.51 bits per heavy atom. The molecule has 0 bridgehead atoms. The van der Waals surface area contributed by atoms with Gasteiger partial charge in [-0.2, -0.15) is 4.72 Å². The summed E-state index contributed by atoms with van der Waals surface area (Å²) < 4.78 is 57.9. The third-order valence-corrected chi connectivity index (χ3v) is 12.8. The van der Waals surface area contributed by atoms with E-state index in [4.69, 9.17) is 9.26 Å². The lowest BCUT2D eigenvalue weighted by Crippen LogP contribution is -2.41. The highest BCUT2D eigenvalue weighted by Gasteiger charge is 2.51. The molecule has 0 heterocycles. The minimum Gasteiger partial charge on any atom is -0.466 e. The lowest BCUT2D eigenvalue weighted by atomic mass is 9.89. The van der Waals surface area contributed by atoms with Gasteiger partial charge in [0.25, 0.3) is 0 Å². The number of nitrogens with one attached hydrogen (secondary N) is 1. The largest absolute Gasteiger partial charge is 0.466 e. The smallest absolute Gasteiger partial charge is 0.309 e. The van der Waals surface area contributed by atoms with Crippen molar-refractivity contribution in [1.82, 2.24) is 4.72 Å². The van der Waals surface area contributed by atoms with Gasteiger partial charge >= 0.3 is 5.97 Å². The monoisotopic (exact) mass is 585 g/mol. The highest BCUT2D eigenvalue weighted by atomic mass is 32.2. The van der Waals surface area contributed by atoms with E-state index in [0.29, 0.717) is 19.3 Å². The summed E-state index contributed by atoms with van der Waals surface area (Å²) >= 11 is 0. The average molecular weight is 586 g/mol. The van der Waals surface area contributed by atoms with Gasteiger partial charge in [-0.05, 0) is 73.5 Å². The summed E-state index contributed by atoms with van der Waals surface area (Å²) in [6.07, 6.45) is 2.15. The first-order valence-corrected chi connectivity index (χ1v) is 18.0. The molecule has 1 unspecified atom stereocenters. The number of rotatable bonds is 14. The SMILES string of the molecule is CCOC(=O)[C@@H]1CCC[C@H]1P(=O)(OCC)[C@H](CC(C)C)NS(=O)(=O)c1c(C(C)C)cc(C(C)C)cc1C(C)C. The van der Waals surface area contributed by atoms with Crippen LogP contribution in [0.2, 0.25) is 0 Å². The Morgan fingerprint density at radius 3 is 1.95 bits per heavy atom. The molecule has 0 radical (unpaired) electrons. The molecule has 1 aromatic rings. The first-order chi connectivity index (χ1) is 18.1. The molecule has 0 spiro atoms. The third-order valence-electron chi connectivity index (χ3n) is 7.63. The second-order valence-corrected chi connectivity index (χ2v) is 16.7. The Balaban J connectivity index is 2.71. The molecule has 2 rings (SSSR count). The van der Waals surface area contributed by atoms with Gasteiger partial charge in [-0.3, -0.25) is 9.36 Å². The molecule has 0 aromatic heterocycles. The molecule has 9 heteroatoms. The molecule has 1 aliphatic rings. The molecule has 39 heavy (non-hydrogen) atoms. The topological polar surface area (TPSA) is 98.8 Å². The summed E-state index contributed by atoms with van der Waals surface area (Å²) in [6.45, 7) is 20.1. The van der Waals surface area contributed by atoms with Crippen molar-refractivity contribution < 1.29 is 27.0 Å². The highest BCUT2D eigenvalue weighted by Crippen LogP contribution is 2.63. The summed E-state index contributed by atoms with van der Waals surface area (Å²) in [5.74, 6) is -1.66. The van der Waals surface area contributed by atoms with Crippen LogP contribution in [0.5, 0.6) is 0 Å². The zero-order valence-electron chi connectivity index (χ0n) is 25.7. The number of benzene rings is 1. The first kappa shape index (κ1) is 34.0. The zero-order chi connectivity index (χ0) is 29.7. The molecule has 1 fully saturated rings. The van der Waals surface area contributed by atoms with E-state index in [1.807, 2.05) is 53.7 Å². The van der Waals surface area contributed by atoms with E-state index in [0.717, 1.165) is 23.1 Å². The van der Waals surface area contributed by atoms with E-state index in [9.17, 15) is 17.8 Å². The van der Waals surface area contributed by atoms with Crippen LogP contribution in [-0.2, 0) is 28.6 Å². The van der Waals surface area contributed by atoms with Crippen molar-refractivity contribution in [2.75, 3.05) is 13.2 Å². The Hall–Kier alpha value is -1.21. The average Bonchev–Trinajstić information content (AvgIpc) is 3.33. The van der Waals surface area contributed by atoms with E-state index in [1.165, 1.54) is 0 Å². The maximum atomic E-state index is 14.9. The van der Waals surface area contributed by atoms with Crippen molar-refractivity contribution in [3.63, 3.8) is 0 Å². The molecule has 224 valence electrons. The Kier molecular flexibility index (Phi) is 12.3. The van der Waals surface area contributed by atoms with E-state index >= 15 is 0 Å². The van der Waals surface area contributed by atoms with Crippen LogP contribution in [0.1, 0.15) is 129 Å². The van der Waals surface area contributed by atoms with Crippen LogP contribution in [-0.4, -0.2) is 39.0 Å². The van der Waals surface area contributed by atoms with E-state index in [-0.39, 0.29) is 47.8 Å². The molecule has 1 saturated carbocycles. The number of ether oxygens (including phenoxy) is 1. The molecule has 7 nitrogen and oxygen atoms in total. The lowest BCUT2D eigenvalue weighted by molar-refractivity contribution is -0.147. The van der Waals surface area contributed by atoms with Gasteiger partial charge in [0.1, 0.15) is 0 Å². The van der Waals surface area contributed by atoms with Crippen molar-refractivity contribution >= 4 is 23.4 Å². The molecule has 0 amide bonds. The quantitative estimate of drug-likeness (QED) is 0.177. The summed E-state index contributed by atoms with van der Waals surface area (Å²) in [6, 6.07) is 4.01. The van der Waals surface area contributed by atoms with Crippen LogP contribution in [0, 0.1) is 11.8 Å². The van der Waals surface area contributed by atoms with Gasteiger partial charge < -0.3 is 9.26 Å². The van der Waals surface area contributed by atoms with Crippen LogP contribution >= 0.6 is 7.37 Å². The fourth-order valence-electron chi connectivity index (χ4n) is 5.67. The second-order valence-electron chi connectivity index (χ2n) is 12.2. The van der Waals surface area contributed by atoms with Crippen LogP contribution in [0.25, 0.3) is 0 Å². The number of sulfonamides is 1. The van der Waals surface area contributed by atoms with Gasteiger partial charge in [-0.15, -0.1) is 0 Å². The van der Waals surface area contributed by atoms with Crippen molar-refractivity contribution in [1.29, 1.82) is 0 Å². The Morgan fingerprint density at radius 1 is 0.949 bits per heavy atom. The molecule has 0 saturated heterocycles. The fourth-order valence-corrected chi connectivity index (χ4v) is 11.7. The van der Waals surface area contributed by atoms with Crippen LogP contribution in [0.15, 0.2) is 17.0 Å². The first-order valence-electron chi connectivity index (χ1n) is 14.7. The van der Waals surface area contributed by atoms with E-state index in [1.54, 1.807) is 13.8 Å². The lowest BCUT2D eigenvalue weighted by Gasteiger charge is -2.35. The van der Waals surface area contributed by atoms with Crippen molar-refractivity contribution in [3.8, 4) is 0 Å². The van der Waals surface area contributed by atoms with Crippen molar-refractivity contribution in [3.05, 3.63) is 28.8 Å². The molecule has 0 aliphatic heterocycles. The number of carbonyl (C=O) groups excluding carboxylic acids is 1. The normalized spacial score (nSPS) is 20.7. The maximum absolute atomic E-state index is 14.9. The zero-order valence-corrected chi connectivity index (χ0v) is 27.5. The van der Waals surface area contributed by atoms with Crippen molar-refractivity contribution in [2.45, 2.75) is 129 Å². The minimum atomic E-state index is -4.10. The van der Waals surface area contributed by atoms with Gasteiger partial charge in [0.05, 0.1) is 35.5 Å². The van der Waals surface area contributed by atoms with Crippen LogP contribution in [0.3, 0.4) is 0 Å². The number of hydrogen-bond acceptors (Lipinski definition) is 6. The third kappa shape index (κ3) is 7.96. The standard InChI is InChI=1S/C30H52NO6PS/c1-11-36-30(32)24-14-13-15-27(24)38(33,37-12-2)28(16-19(3)4)31-39(34,35)29-25(21(7)8)17-23(20(5)6)18-26(29)22(9)10/h17-22,24,27-28,31H,11-16H2,1-10H3/t24-,27-,28-,38?/m1/s1. The van der Waals surface area contributed by atoms with Gasteiger partial charge in [0.2, 0.25) is 17.4 Å². The Labute approximate surface area is 237 Å². The molecule has 1 N–H and O–H groups in total. The number of carbonyl (C=O) groups is 1. The summed E-state index contributed by atoms with van der Waals surface area (Å²) in [5, 5.41) is 0. The van der Waals surface area contributed by atoms with E-state index < -0.39 is 34.8 Å². The minimum absolute atomic E-state index is 0.0296. The second kappa shape index (κ2) is 14.1. The fraction of sp³-hybridized carbons (Fsp3) is 0.767. The maximum Gasteiger partial charge on any atom is 0.309 e. The van der Waals surface area contributed by atoms with Gasteiger partial charge in [0.15, 0.2) is 0 Å². The molecule has 4 atom stereocenters. The van der Waals surface area contributed by atoms with Crippen LogP contribution < -0.4 is 4.72 Å². The number of esters is 1. The highest BCUT2D eigenvalue weighted by molar-refractivity contribution is 7.90. The molecular formula is C30H52NO6PS. The van der Waals surface area contributed by atoms with Crippen LogP contribution in [0.4, 0.5) is 0 Å². The van der Waals surface area contributed by atoms with E-state index in [2.05, 4.69) is 18.6 Å². The predicted octanol–water partition coefficient (Wildman–Crippen LogP) is 7.75. The molecule has 1 aromatic carbocycles. The molecule has 1 aliphatic carbocycles. The van der Waals surface area contributed by atoms with Crippen molar-refractivity contribution in [2.24, 2.45) is 11.8 Å². The summed E-state index contributed by atoms with van der Waals surface area (Å²) in [7, 11) is -7.77. The van der Waals surface area contributed by atoms with Gasteiger partial charge in [0, 0.05) is 0 Å².